The van der Waals surface area contributed by atoms with Crippen LogP contribution in [0.25, 0.3) is 0 Å². The molecule has 2 aromatic rings. The standard InChI is InChI=1S/C19H21FN2O2/c1-13-12-24-14(2)11-22(13)18-8-6-17(7-9-18)21-19(23)15-4-3-5-16(20)10-15/h3-10,13-14H,11-12H2,1-2H3,(H,21,23). The Morgan fingerprint density at radius 1 is 1.21 bits per heavy atom. The number of hydrogen-bond donors (Lipinski definition) is 1. The lowest BCUT2D eigenvalue weighted by atomic mass is 10.1. The quantitative estimate of drug-likeness (QED) is 0.934. The summed E-state index contributed by atoms with van der Waals surface area (Å²) in [5.41, 5.74) is 2.08. The van der Waals surface area contributed by atoms with Crippen LogP contribution >= 0.6 is 0 Å². The summed E-state index contributed by atoms with van der Waals surface area (Å²) >= 11 is 0. The number of halogens is 1. The Labute approximate surface area is 141 Å². The lowest BCUT2D eigenvalue weighted by molar-refractivity contribution is 0.0344. The van der Waals surface area contributed by atoms with E-state index in [9.17, 15) is 9.18 Å². The third-order valence-corrected chi connectivity index (χ3v) is 4.15. The van der Waals surface area contributed by atoms with Gasteiger partial charge in [0.25, 0.3) is 5.91 Å². The average molecular weight is 328 g/mol. The first-order valence-electron chi connectivity index (χ1n) is 8.08. The minimum atomic E-state index is -0.423. The highest BCUT2D eigenvalue weighted by atomic mass is 19.1. The van der Waals surface area contributed by atoms with Crippen molar-refractivity contribution in [2.24, 2.45) is 0 Å². The Hall–Kier alpha value is -2.40. The molecule has 1 heterocycles. The molecule has 0 bridgehead atoms. The number of morpholine rings is 1. The largest absolute Gasteiger partial charge is 0.375 e. The van der Waals surface area contributed by atoms with Crippen molar-refractivity contribution in [3.63, 3.8) is 0 Å². The Bertz CT molecular complexity index is 718. The van der Waals surface area contributed by atoms with Gasteiger partial charge in [-0.25, -0.2) is 4.39 Å². The summed E-state index contributed by atoms with van der Waals surface area (Å²) in [5, 5.41) is 2.79. The molecular weight excluding hydrogens is 307 g/mol. The number of carbonyl (C=O) groups excluding carboxylic acids is 1. The van der Waals surface area contributed by atoms with E-state index in [4.69, 9.17) is 4.74 Å². The highest BCUT2D eigenvalue weighted by Gasteiger charge is 2.23. The molecule has 5 heteroatoms. The van der Waals surface area contributed by atoms with Gasteiger partial charge in [0.2, 0.25) is 0 Å². The van der Waals surface area contributed by atoms with Crippen LogP contribution in [0.4, 0.5) is 15.8 Å². The molecule has 1 amide bonds. The minimum Gasteiger partial charge on any atom is -0.375 e. The van der Waals surface area contributed by atoms with Gasteiger partial charge in [0, 0.05) is 29.5 Å². The maximum absolute atomic E-state index is 13.2. The molecule has 2 unspecified atom stereocenters. The van der Waals surface area contributed by atoms with Crippen molar-refractivity contribution in [1.29, 1.82) is 0 Å². The highest BCUT2D eigenvalue weighted by molar-refractivity contribution is 6.04. The number of anilines is 2. The van der Waals surface area contributed by atoms with E-state index in [-0.39, 0.29) is 12.0 Å². The van der Waals surface area contributed by atoms with Gasteiger partial charge in [-0.05, 0) is 56.3 Å². The molecular formula is C19H21FN2O2. The van der Waals surface area contributed by atoms with Crippen molar-refractivity contribution < 1.29 is 13.9 Å². The van der Waals surface area contributed by atoms with Crippen molar-refractivity contribution in [2.45, 2.75) is 26.0 Å². The Kier molecular flexibility index (Phi) is 4.81. The van der Waals surface area contributed by atoms with Gasteiger partial charge < -0.3 is 15.0 Å². The second kappa shape index (κ2) is 7.01. The number of hydrogen-bond acceptors (Lipinski definition) is 3. The van der Waals surface area contributed by atoms with E-state index in [2.05, 4.69) is 24.1 Å². The first-order chi connectivity index (χ1) is 11.5. The topological polar surface area (TPSA) is 41.6 Å². The molecule has 0 radical (unpaired) electrons. The van der Waals surface area contributed by atoms with E-state index in [1.54, 1.807) is 6.07 Å². The molecule has 126 valence electrons. The van der Waals surface area contributed by atoms with Crippen LogP contribution < -0.4 is 10.2 Å². The lowest BCUT2D eigenvalue weighted by Crippen LogP contribution is -2.47. The number of carbonyl (C=O) groups is 1. The molecule has 1 aliphatic heterocycles. The minimum absolute atomic E-state index is 0.202. The molecule has 0 aromatic heterocycles. The zero-order valence-electron chi connectivity index (χ0n) is 13.8. The fourth-order valence-electron chi connectivity index (χ4n) is 2.83. The van der Waals surface area contributed by atoms with Crippen molar-refractivity contribution >= 4 is 17.3 Å². The Balaban J connectivity index is 1.69. The Morgan fingerprint density at radius 2 is 1.96 bits per heavy atom. The number of rotatable bonds is 3. The first kappa shape index (κ1) is 16.5. The van der Waals surface area contributed by atoms with Crippen molar-refractivity contribution in [3.05, 3.63) is 59.9 Å². The summed E-state index contributed by atoms with van der Waals surface area (Å²) in [7, 11) is 0. The van der Waals surface area contributed by atoms with Crippen LogP contribution in [-0.2, 0) is 4.74 Å². The maximum Gasteiger partial charge on any atom is 0.255 e. The van der Waals surface area contributed by atoms with Crippen LogP contribution in [0.15, 0.2) is 48.5 Å². The molecule has 4 nitrogen and oxygen atoms in total. The van der Waals surface area contributed by atoms with Gasteiger partial charge in [-0.2, -0.15) is 0 Å². The summed E-state index contributed by atoms with van der Waals surface area (Å²) in [4.78, 5) is 14.4. The van der Waals surface area contributed by atoms with E-state index in [1.165, 1.54) is 18.2 Å². The molecule has 24 heavy (non-hydrogen) atoms. The van der Waals surface area contributed by atoms with E-state index in [0.717, 1.165) is 12.2 Å². The van der Waals surface area contributed by atoms with E-state index < -0.39 is 5.82 Å². The third-order valence-electron chi connectivity index (χ3n) is 4.15. The van der Waals surface area contributed by atoms with Crippen LogP contribution in [0.3, 0.4) is 0 Å². The van der Waals surface area contributed by atoms with E-state index in [1.807, 2.05) is 24.3 Å². The molecule has 2 atom stereocenters. The average Bonchev–Trinajstić information content (AvgIpc) is 2.58. The second-order valence-electron chi connectivity index (χ2n) is 6.16. The predicted molar refractivity (Wildman–Crippen MR) is 93.0 cm³/mol. The zero-order valence-corrected chi connectivity index (χ0v) is 13.8. The number of nitrogens with one attached hydrogen (secondary N) is 1. The fraction of sp³-hybridized carbons (Fsp3) is 0.316. The molecule has 0 spiro atoms. The van der Waals surface area contributed by atoms with Crippen LogP contribution in [0.2, 0.25) is 0 Å². The summed E-state index contributed by atoms with van der Waals surface area (Å²) < 4.78 is 18.8. The molecule has 1 saturated heterocycles. The second-order valence-corrected chi connectivity index (χ2v) is 6.16. The van der Waals surface area contributed by atoms with Crippen LogP contribution in [0, 0.1) is 5.82 Å². The van der Waals surface area contributed by atoms with Crippen LogP contribution in [0.5, 0.6) is 0 Å². The van der Waals surface area contributed by atoms with Crippen LogP contribution in [-0.4, -0.2) is 31.2 Å². The lowest BCUT2D eigenvalue weighted by Gasteiger charge is -2.38. The molecule has 1 aliphatic rings. The van der Waals surface area contributed by atoms with Gasteiger partial charge in [-0.1, -0.05) is 6.07 Å². The van der Waals surface area contributed by atoms with E-state index in [0.29, 0.717) is 23.9 Å². The number of ether oxygens (including phenoxy) is 1. The SMILES string of the molecule is CC1CN(c2ccc(NC(=O)c3cccc(F)c3)cc2)C(C)CO1. The highest BCUT2D eigenvalue weighted by Crippen LogP contribution is 2.23. The normalized spacial score (nSPS) is 20.7. The van der Waals surface area contributed by atoms with Gasteiger partial charge >= 0.3 is 0 Å². The molecule has 1 N–H and O–H groups in total. The monoisotopic (exact) mass is 328 g/mol. The number of benzene rings is 2. The van der Waals surface area contributed by atoms with Crippen molar-refractivity contribution in [3.8, 4) is 0 Å². The van der Waals surface area contributed by atoms with Gasteiger partial charge in [-0.3, -0.25) is 4.79 Å². The fourth-order valence-corrected chi connectivity index (χ4v) is 2.83. The Morgan fingerprint density at radius 3 is 2.67 bits per heavy atom. The molecule has 2 aromatic carbocycles. The number of amides is 1. The van der Waals surface area contributed by atoms with Crippen LogP contribution in [0.1, 0.15) is 24.2 Å². The summed E-state index contributed by atoms with van der Waals surface area (Å²) in [6, 6.07) is 13.6. The first-order valence-corrected chi connectivity index (χ1v) is 8.08. The molecule has 0 aliphatic carbocycles. The van der Waals surface area contributed by atoms with Crippen molar-refractivity contribution in [2.75, 3.05) is 23.4 Å². The molecule has 1 fully saturated rings. The smallest absolute Gasteiger partial charge is 0.255 e. The third kappa shape index (κ3) is 3.74. The van der Waals surface area contributed by atoms with Gasteiger partial charge in [0.1, 0.15) is 5.82 Å². The number of nitrogens with zero attached hydrogens (tertiary/aromatic N) is 1. The predicted octanol–water partition coefficient (Wildman–Crippen LogP) is 3.69. The molecule has 3 rings (SSSR count). The maximum atomic E-state index is 13.2. The van der Waals surface area contributed by atoms with Gasteiger partial charge in [0.15, 0.2) is 0 Å². The van der Waals surface area contributed by atoms with Gasteiger partial charge in [-0.15, -0.1) is 0 Å². The molecule has 0 saturated carbocycles. The van der Waals surface area contributed by atoms with Gasteiger partial charge in [0.05, 0.1) is 12.7 Å². The van der Waals surface area contributed by atoms with E-state index >= 15 is 0 Å². The summed E-state index contributed by atoms with van der Waals surface area (Å²) in [5.74, 6) is -0.746. The summed E-state index contributed by atoms with van der Waals surface area (Å²) in [6.45, 7) is 5.74. The zero-order chi connectivity index (χ0) is 17.1. The summed E-state index contributed by atoms with van der Waals surface area (Å²) in [6.07, 6.45) is 0.202. The van der Waals surface area contributed by atoms with Crippen molar-refractivity contribution in [1.82, 2.24) is 0 Å².